The van der Waals surface area contributed by atoms with Crippen LogP contribution in [0, 0.1) is 0 Å². The summed E-state index contributed by atoms with van der Waals surface area (Å²) < 4.78 is 28.1. The Balaban J connectivity index is 1.68. The van der Waals surface area contributed by atoms with Gasteiger partial charge in [0.25, 0.3) is 0 Å². The predicted octanol–water partition coefficient (Wildman–Crippen LogP) is 5.28. The fraction of sp³-hybridized carbons (Fsp3) is 0.250. The highest BCUT2D eigenvalue weighted by Crippen LogP contribution is 2.23. The number of carbonyl (C=O) groups excluding carboxylic acids is 2. The second-order valence-corrected chi connectivity index (χ2v) is 12.7. The fourth-order valence-corrected chi connectivity index (χ4v) is 5.97. The van der Waals surface area contributed by atoms with Crippen LogP contribution in [0.1, 0.15) is 25.0 Å². The third-order valence-electron chi connectivity index (χ3n) is 6.79. The first-order valence-electron chi connectivity index (χ1n) is 13.4. The lowest BCUT2D eigenvalue weighted by Gasteiger charge is -2.33. The van der Waals surface area contributed by atoms with E-state index in [4.69, 9.17) is 11.6 Å². The third kappa shape index (κ3) is 7.52. The van der Waals surface area contributed by atoms with Crippen molar-refractivity contribution in [2.75, 3.05) is 13.6 Å². The molecule has 0 saturated carbocycles. The summed E-state index contributed by atoms with van der Waals surface area (Å²) in [6.45, 7) is 3.27. The normalized spacial score (nSPS) is 12.4. The van der Waals surface area contributed by atoms with Crippen LogP contribution in [0.2, 0.25) is 5.02 Å². The van der Waals surface area contributed by atoms with Crippen LogP contribution in [0.5, 0.6) is 0 Å². The number of hydrogen-bond acceptors (Lipinski definition) is 4. The molecule has 0 fully saturated rings. The van der Waals surface area contributed by atoms with E-state index in [-0.39, 0.29) is 29.8 Å². The fourth-order valence-electron chi connectivity index (χ4n) is 4.62. The molecule has 2 amide bonds. The zero-order chi connectivity index (χ0) is 29.6. The Hall–Kier alpha value is -3.72. The standard InChI is InChI=1S/C32H34ClN3O4S/c1-23(2)34-32(38)30(19-24-11-5-4-6-12-24)36(21-27-15-9-10-16-29(27)33)31(37)22-35(3)41(39,40)28-18-17-25-13-7-8-14-26(25)20-28/h4-18,20,23,30H,19,21-22H2,1-3H3,(H,34,38)/t30-/m1/s1. The summed E-state index contributed by atoms with van der Waals surface area (Å²) in [6.07, 6.45) is 0.247. The van der Waals surface area contributed by atoms with E-state index in [1.54, 1.807) is 36.4 Å². The monoisotopic (exact) mass is 591 g/mol. The van der Waals surface area contributed by atoms with Gasteiger partial charge in [-0.2, -0.15) is 4.31 Å². The van der Waals surface area contributed by atoms with Crippen molar-refractivity contribution in [2.24, 2.45) is 0 Å². The van der Waals surface area contributed by atoms with Crippen molar-refractivity contribution in [3.8, 4) is 0 Å². The van der Waals surface area contributed by atoms with Crippen LogP contribution in [0.15, 0.2) is 102 Å². The van der Waals surface area contributed by atoms with E-state index in [9.17, 15) is 18.0 Å². The Morgan fingerprint density at radius 3 is 2.17 bits per heavy atom. The van der Waals surface area contributed by atoms with Gasteiger partial charge in [0.1, 0.15) is 6.04 Å². The Kier molecular flexibility index (Phi) is 9.81. The molecule has 214 valence electrons. The number of nitrogens with zero attached hydrogens (tertiary/aromatic N) is 2. The second kappa shape index (κ2) is 13.3. The number of likely N-dealkylation sites (N-methyl/N-ethyl adjacent to an activating group) is 1. The average molecular weight is 592 g/mol. The van der Waals surface area contributed by atoms with Gasteiger partial charge in [0, 0.05) is 31.1 Å². The van der Waals surface area contributed by atoms with Crippen molar-refractivity contribution >= 4 is 44.2 Å². The largest absolute Gasteiger partial charge is 0.352 e. The van der Waals surface area contributed by atoms with Crippen molar-refractivity contribution in [1.29, 1.82) is 0 Å². The Morgan fingerprint density at radius 1 is 0.854 bits per heavy atom. The summed E-state index contributed by atoms with van der Waals surface area (Å²) in [6, 6.07) is 27.8. The first kappa shape index (κ1) is 30.2. The molecule has 41 heavy (non-hydrogen) atoms. The summed E-state index contributed by atoms with van der Waals surface area (Å²) >= 11 is 6.46. The molecule has 4 rings (SSSR count). The van der Waals surface area contributed by atoms with Gasteiger partial charge in [-0.1, -0.05) is 90.5 Å². The van der Waals surface area contributed by atoms with E-state index >= 15 is 0 Å². The minimum absolute atomic E-state index is 0.0331. The minimum Gasteiger partial charge on any atom is -0.352 e. The molecule has 0 spiro atoms. The smallest absolute Gasteiger partial charge is 0.243 e. The third-order valence-corrected chi connectivity index (χ3v) is 8.96. The molecule has 0 aromatic heterocycles. The maximum Gasteiger partial charge on any atom is 0.243 e. The Morgan fingerprint density at radius 2 is 1.49 bits per heavy atom. The highest BCUT2D eigenvalue weighted by molar-refractivity contribution is 7.89. The molecule has 9 heteroatoms. The average Bonchev–Trinajstić information content (AvgIpc) is 2.95. The van der Waals surface area contributed by atoms with Crippen LogP contribution < -0.4 is 5.32 Å². The number of halogens is 1. The van der Waals surface area contributed by atoms with Gasteiger partial charge < -0.3 is 10.2 Å². The summed E-state index contributed by atoms with van der Waals surface area (Å²) in [7, 11) is -2.63. The molecule has 0 unspecified atom stereocenters. The minimum atomic E-state index is -4.00. The molecule has 1 N–H and O–H groups in total. The number of hydrogen-bond donors (Lipinski definition) is 1. The summed E-state index contributed by atoms with van der Waals surface area (Å²) in [5, 5.41) is 5.07. The van der Waals surface area contributed by atoms with E-state index in [2.05, 4.69) is 5.32 Å². The van der Waals surface area contributed by atoms with Crippen molar-refractivity contribution in [3.05, 3.63) is 113 Å². The maximum absolute atomic E-state index is 14.0. The summed E-state index contributed by atoms with van der Waals surface area (Å²) in [5.74, 6) is -0.846. The quantitative estimate of drug-likeness (QED) is 0.257. The lowest BCUT2D eigenvalue weighted by Crippen LogP contribution is -2.54. The van der Waals surface area contributed by atoms with Gasteiger partial charge in [-0.05, 0) is 53.9 Å². The van der Waals surface area contributed by atoms with E-state index in [1.165, 1.54) is 18.0 Å². The number of nitrogens with one attached hydrogen (secondary N) is 1. The molecule has 0 aliphatic rings. The highest BCUT2D eigenvalue weighted by atomic mass is 35.5. The van der Waals surface area contributed by atoms with Crippen molar-refractivity contribution in [2.45, 2.75) is 43.8 Å². The Labute approximate surface area is 246 Å². The molecule has 0 heterocycles. The van der Waals surface area contributed by atoms with Gasteiger partial charge in [0.05, 0.1) is 11.4 Å². The first-order chi connectivity index (χ1) is 19.6. The van der Waals surface area contributed by atoms with Gasteiger partial charge in [0.2, 0.25) is 21.8 Å². The number of amides is 2. The van der Waals surface area contributed by atoms with Gasteiger partial charge in [-0.3, -0.25) is 9.59 Å². The van der Waals surface area contributed by atoms with E-state index in [0.717, 1.165) is 20.6 Å². The van der Waals surface area contributed by atoms with E-state index in [1.807, 2.05) is 68.4 Å². The molecule has 7 nitrogen and oxygen atoms in total. The maximum atomic E-state index is 14.0. The zero-order valence-corrected chi connectivity index (χ0v) is 24.9. The molecule has 0 aliphatic heterocycles. The lowest BCUT2D eigenvalue weighted by atomic mass is 10.0. The van der Waals surface area contributed by atoms with Gasteiger partial charge in [-0.15, -0.1) is 0 Å². The second-order valence-electron chi connectivity index (χ2n) is 10.3. The molecular formula is C32H34ClN3O4S. The molecule has 0 bridgehead atoms. The number of benzene rings is 4. The predicted molar refractivity (Wildman–Crippen MR) is 163 cm³/mol. The van der Waals surface area contributed by atoms with Gasteiger partial charge >= 0.3 is 0 Å². The van der Waals surface area contributed by atoms with Crippen molar-refractivity contribution < 1.29 is 18.0 Å². The van der Waals surface area contributed by atoms with Crippen molar-refractivity contribution in [3.63, 3.8) is 0 Å². The number of rotatable bonds is 11. The van der Waals surface area contributed by atoms with Crippen LogP contribution in [0.3, 0.4) is 0 Å². The van der Waals surface area contributed by atoms with Gasteiger partial charge in [-0.25, -0.2) is 8.42 Å². The van der Waals surface area contributed by atoms with Gasteiger partial charge in [0.15, 0.2) is 0 Å². The molecule has 0 radical (unpaired) electrons. The number of carbonyl (C=O) groups is 2. The van der Waals surface area contributed by atoms with Crippen LogP contribution in [-0.2, 0) is 32.6 Å². The zero-order valence-electron chi connectivity index (χ0n) is 23.3. The molecular weight excluding hydrogens is 558 g/mol. The molecule has 4 aromatic rings. The number of sulfonamides is 1. The van der Waals surface area contributed by atoms with Crippen LogP contribution in [0.4, 0.5) is 0 Å². The lowest BCUT2D eigenvalue weighted by molar-refractivity contribution is -0.141. The Bertz CT molecular complexity index is 1630. The van der Waals surface area contributed by atoms with Crippen LogP contribution >= 0.6 is 11.6 Å². The van der Waals surface area contributed by atoms with E-state index in [0.29, 0.717) is 10.6 Å². The van der Waals surface area contributed by atoms with Crippen molar-refractivity contribution in [1.82, 2.24) is 14.5 Å². The van der Waals surface area contributed by atoms with Crippen LogP contribution in [-0.4, -0.2) is 55.1 Å². The first-order valence-corrected chi connectivity index (χ1v) is 15.2. The molecule has 1 atom stereocenters. The van der Waals surface area contributed by atoms with E-state index < -0.39 is 28.5 Å². The SMILES string of the molecule is CC(C)NC(=O)[C@@H](Cc1ccccc1)N(Cc1ccccc1Cl)C(=O)CN(C)S(=O)(=O)c1ccc2ccccc2c1. The highest BCUT2D eigenvalue weighted by Gasteiger charge is 2.33. The number of fused-ring (bicyclic) bond motifs is 1. The van der Waals surface area contributed by atoms with Crippen LogP contribution in [0.25, 0.3) is 10.8 Å². The molecule has 4 aromatic carbocycles. The summed E-state index contributed by atoms with van der Waals surface area (Å²) in [5.41, 5.74) is 1.52. The molecule has 0 aliphatic carbocycles. The summed E-state index contributed by atoms with van der Waals surface area (Å²) in [4.78, 5) is 29.0. The molecule has 0 saturated heterocycles. The topological polar surface area (TPSA) is 86.8 Å².